The fourth-order valence-corrected chi connectivity index (χ4v) is 4.66. The Morgan fingerprint density at radius 2 is 2.00 bits per heavy atom. The first kappa shape index (κ1) is 14.3. The molecule has 1 aromatic carbocycles. The van der Waals surface area contributed by atoms with E-state index in [4.69, 9.17) is 0 Å². The van der Waals surface area contributed by atoms with Gasteiger partial charge in [-0.3, -0.25) is 5.10 Å². The third kappa shape index (κ3) is 2.49. The van der Waals surface area contributed by atoms with Crippen molar-refractivity contribution >= 4 is 10.0 Å². The molecule has 5 nitrogen and oxygen atoms in total. The summed E-state index contributed by atoms with van der Waals surface area (Å²) in [5, 5.41) is 7.03. The van der Waals surface area contributed by atoms with Gasteiger partial charge in [-0.1, -0.05) is 18.2 Å². The van der Waals surface area contributed by atoms with E-state index in [1.54, 1.807) is 22.6 Å². The van der Waals surface area contributed by atoms with E-state index in [1.165, 1.54) is 0 Å². The predicted octanol–water partition coefficient (Wildman–Crippen LogP) is 2.20. The highest BCUT2D eigenvalue weighted by Crippen LogP contribution is 2.32. The van der Waals surface area contributed by atoms with Gasteiger partial charge in [0.2, 0.25) is 10.0 Å². The minimum atomic E-state index is -3.41. The Morgan fingerprint density at radius 3 is 2.67 bits per heavy atom. The Bertz CT molecular complexity index is 752. The first-order valence-corrected chi connectivity index (χ1v) is 8.50. The van der Waals surface area contributed by atoms with Gasteiger partial charge in [0, 0.05) is 24.7 Å². The highest BCUT2D eigenvalue weighted by molar-refractivity contribution is 7.89. The molecule has 1 aliphatic heterocycles. The summed E-state index contributed by atoms with van der Waals surface area (Å²) in [7, 11) is -3.41. The second-order valence-corrected chi connectivity index (χ2v) is 7.49. The highest BCUT2D eigenvalue weighted by Gasteiger charge is 2.34. The Balaban J connectivity index is 1.86. The molecule has 0 amide bonds. The van der Waals surface area contributed by atoms with Crippen LogP contribution in [-0.4, -0.2) is 36.0 Å². The number of nitrogens with zero attached hydrogens (tertiary/aromatic N) is 2. The molecule has 21 heavy (non-hydrogen) atoms. The van der Waals surface area contributed by atoms with Crippen LogP contribution < -0.4 is 0 Å². The summed E-state index contributed by atoms with van der Waals surface area (Å²) in [6.07, 6.45) is 2.61. The van der Waals surface area contributed by atoms with Gasteiger partial charge in [-0.25, -0.2) is 8.42 Å². The lowest BCUT2D eigenvalue weighted by Gasteiger charge is -2.18. The topological polar surface area (TPSA) is 66.1 Å². The van der Waals surface area contributed by atoms with Crippen molar-refractivity contribution in [3.05, 3.63) is 47.3 Å². The van der Waals surface area contributed by atoms with E-state index in [2.05, 4.69) is 10.2 Å². The lowest BCUT2D eigenvalue weighted by Crippen LogP contribution is -2.29. The van der Waals surface area contributed by atoms with Crippen LogP contribution in [0.3, 0.4) is 0 Å². The Hall–Kier alpha value is -1.66. The number of nitrogens with one attached hydrogen (secondary N) is 1. The number of sulfonamides is 1. The SMILES string of the molecule is Cc1ccccc1S(=O)(=O)N1CC[C@@H](c2[nH]ncc2C)C1. The summed E-state index contributed by atoms with van der Waals surface area (Å²) >= 11 is 0. The molecule has 0 bridgehead atoms. The zero-order valence-corrected chi connectivity index (χ0v) is 13.0. The van der Waals surface area contributed by atoms with Crippen molar-refractivity contribution in [2.75, 3.05) is 13.1 Å². The van der Waals surface area contributed by atoms with E-state index >= 15 is 0 Å². The zero-order valence-electron chi connectivity index (χ0n) is 12.2. The maximum absolute atomic E-state index is 12.8. The summed E-state index contributed by atoms with van der Waals surface area (Å²) in [4.78, 5) is 0.409. The molecule has 0 unspecified atom stereocenters. The number of rotatable bonds is 3. The van der Waals surface area contributed by atoms with Crippen LogP contribution in [0.5, 0.6) is 0 Å². The van der Waals surface area contributed by atoms with Crippen molar-refractivity contribution in [3.8, 4) is 0 Å². The molecule has 1 aliphatic rings. The molecular formula is C15H19N3O2S. The van der Waals surface area contributed by atoms with Crippen LogP contribution in [0, 0.1) is 13.8 Å². The number of benzene rings is 1. The average molecular weight is 305 g/mol. The molecule has 0 radical (unpaired) electrons. The molecule has 2 aromatic rings. The van der Waals surface area contributed by atoms with E-state index in [0.29, 0.717) is 18.0 Å². The first-order valence-electron chi connectivity index (χ1n) is 7.06. The summed E-state index contributed by atoms with van der Waals surface area (Å²) < 4.78 is 27.1. The van der Waals surface area contributed by atoms with E-state index in [0.717, 1.165) is 23.2 Å². The molecule has 0 saturated carbocycles. The molecule has 0 spiro atoms. The number of aromatic amines is 1. The van der Waals surface area contributed by atoms with Gasteiger partial charge in [0.1, 0.15) is 0 Å². The van der Waals surface area contributed by atoms with Crippen LogP contribution in [0.1, 0.15) is 29.2 Å². The zero-order chi connectivity index (χ0) is 15.0. The van der Waals surface area contributed by atoms with Crippen LogP contribution in [0.15, 0.2) is 35.4 Å². The second kappa shape index (κ2) is 5.27. The van der Waals surface area contributed by atoms with Crippen LogP contribution >= 0.6 is 0 Å². The maximum Gasteiger partial charge on any atom is 0.243 e. The minimum absolute atomic E-state index is 0.200. The molecule has 112 valence electrons. The second-order valence-electron chi connectivity index (χ2n) is 5.58. The van der Waals surface area contributed by atoms with Crippen molar-refractivity contribution in [2.45, 2.75) is 31.1 Å². The largest absolute Gasteiger partial charge is 0.282 e. The van der Waals surface area contributed by atoms with Crippen LogP contribution in [0.2, 0.25) is 0 Å². The number of H-pyrrole nitrogens is 1. The third-order valence-corrected chi connectivity index (χ3v) is 6.16. The highest BCUT2D eigenvalue weighted by atomic mass is 32.2. The van der Waals surface area contributed by atoms with Crippen molar-refractivity contribution in [2.24, 2.45) is 0 Å². The molecule has 0 aliphatic carbocycles. The van der Waals surface area contributed by atoms with Crippen molar-refractivity contribution < 1.29 is 8.42 Å². The fourth-order valence-electron chi connectivity index (χ4n) is 2.94. The van der Waals surface area contributed by atoms with E-state index in [9.17, 15) is 8.42 Å². The van der Waals surface area contributed by atoms with Gasteiger partial charge >= 0.3 is 0 Å². The van der Waals surface area contributed by atoms with E-state index < -0.39 is 10.0 Å². The van der Waals surface area contributed by atoms with Gasteiger partial charge in [0.15, 0.2) is 0 Å². The van der Waals surface area contributed by atoms with Crippen LogP contribution in [0.4, 0.5) is 0 Å². The van der Waals surface area contributed by atoms with Gasteiger partial charge in [0.05, 0.1) is 11.1 Å². The Labute approximate surface area is 125 Å². The molecule has 1 saturated heterocycles. The molecule has 6 heteroatoms. The Kier molecular flexibility index (Phi) is 3.59. The first-order chi connectivity index (χ1) is 10.00. The summed E-state index contributed by atoms with van der Waals surface area (Å²) in [6, 6.07) is 7.14. The van der Waals surface area contributed by atoms with E-state index in [1.807, 2.05) is 26.0 Å². The van der Waals surface area contributed by atoms with Gasteiger partial charge in [-0.05, 0) is 37.5 Å². The fraction of sp³-hybridized carbons (Fsp3) is 0.400. The monoisotopic (exact) mass is 305 g/mol. The van der Waals surface area contributed by atoms with Crippen LogP contribution in [0.25, 0.3) is 0 Å². The van der Waals surface area contributed by atoms with Crippen LogP contribution in [-0.2, 0) is 10.0 Å². The lowest BCUT2D eigenvalue weighted by molar-refractivity contribution is 0.471. The third-order valence-electron chi connectivity index (χ3n) is 4.14. The number of hydrogen-bond donors (Lipinski definition) is 1. The Morgan fingerprint density at radius 1 is 1.24 bits per heavy atom. The van der Waals surface area contributed by atoms with Crippen molar-refractivity contribution in [1.82, 2.24) is 14.5 Å². The maximum atomic E-state index is 12.8. The number of hydrogen-bond acceptors (Lipinski definition) is 3. The average Bonchev–Trinajstić information content (AvgIpc) is 3.07. The van der Waals surface area contributed by atoms with Gasteiger partial charge < -0.3 is 0 Å². The summed E-state index contributed by atoms with van der Waals surface area (Å²) in [6.45, 7) is 4.90. The molecular weight excluding hydrogens is 286 g/mol. The lowest BCUT2D eigenvalue weighted by atomic mass is 10.0. The normalized spacial score (nSPS) is 20.0. The standard InChI is InChI=1S/C15H19N3O2S/c1-11-5-3-4-6-14(11)21(19,20)18-8-7-13(10-18)15-12(2)9-16-17-15/h3-6,9,13H,7-8,10H2,1-2H3,(H,16,17)/t13-/m1/s1. The van der Waals surface area contributed by atoms with E-state index in [-0.39, 0.29) is 5.92 Å². The number of aryl methyl sites for hydroxylation is 2. The molecule has 1 aromatic heterocycles. The predicted molar refractivity (Wildman–Crippen MR) is 80.6 cm³/mol. The minimum Gasteiger partial charge on any atom is -0.282 e. The molecule has 2 heterocycles. The van der Waals surface area contributed by atoms with Crippen molar-refractivity contribution in [3.63, 3.8) is 0 Å². The number of aromatic nitrogens is 2. The van der Waals surface area contributed by atoms with Gasteiger partial charge in [-0.2, -0.15) is 9.40 Å². The quantitative estimate of drug-likeness (QED) is 0.945. The summed E-state index contributed by atoms with van der Waals surface area (Å²) in [5.41, 5.74) is 2.94. The smallest absolute Gasteiger partial charge is 0.243 e. The van der Waals surface area contributed by atoms with Crippen molar-refractivity contribution in [1.29, 1.82) is 0 Å². The molecule has 1 atom stereocenters. The molecule has 3 rings (SSSR count). The van der Waals surface area contributed by atoms with Gasteiger partial charge in [-0.15, -0.1) is 0 Å². The summed E-state index contributed by atoms with van der Waals surface area (Å²) in [5.74, 6) is 0.200. The molecule has 1 fully saturated rings. The molecule has 1 N–H and O–H groups in total. The van der Waals surface area contributed by atoms with Gasteiger partial charge in [0.25, 0.3) is 0 Å².